The third-order valence-electron chi connectivity index (χ3n) is 2.18. The van der Waals surface area contributed by atoms with Crippen molar-refractivity contribution in [2.45, 2.75) is 0 Å². The fraction of sp³-hybridized carbons (Fsp3) is 0.154. The van der Waals surface area contributed by atoms with Crippen molar-refractivity contribution >= 4 is 22.7 Å². The zero-order chi connectivity index (χ0) is 15.1. The topological polar surface area (TPSA) is 94.8 Å². The minimum absolute atomic E-state index is 0.101. The largest absolute Gasteiger partial charge is 0.511 e. The van der Waals surface area contributed by atoms with Gasteiger partial charge in [-0.15, -0.1) is 11.8 Å². The second-order valence-electron chi connectivity index (χ2n) is 3.66. The van der Waals surface area contributed by atoms with E-state index in [1.54, 1.807) is 0 Å². The van der Waals surface area contributed by atoms with Gasteiger partial charge in [0, 0.05) is 18.0 Å². The molecule has 0 aliphatic heterocycles. The van der Waals surface area contributed by atoms with Crippen LogP contribution in [0.15, 0.2) is 42.4 Å². The molecule has 3 N–H and O–H groups in total. The van der Waals surface area contributed by atoms with Crippen molar-refractivity contribution in [2.75, 3.05) is 12.8 Å². The number of amides is 1. The average Bonchev–Trinajstić information content (AvgIpc) is 2.42. The summed E-state index contributed by atoms with van der Waals surface area (Å²) in [5.41, 5.74) is 0.451. The first-order chi connectivity index (χ1) is 9.49. The molecule has 0 bridgehead atoms. The Morgan fingerprint density at radius 1 is 1.65 bits per heavy atom. The number of hydrogen-bond acceptors (Lipinski definition) is 6. The fourth-order valence-electron chi connectivity index (χ4n) is 1.34. The van der Waals surface area contributed by atoms with E-state index in [1.165, 1.54) is 30.2 Å². The SMILES string of the molecule is C=C/N=C(\SC)c1cnc(C(=O)NCC(=C)O)c(O)c1. The Kier molecular flexibility index (Phi) is 5.79. The highest BCUT2D eigenvalue weighted by atomic mass is 32.2. The van der Waals surface area contributed by atoms with Crippen LogP contribution in [0.1, 0.15) is 16.1 Å². The maximum Gasteiger partial charge on any atom is 0.274 e. The van der Waals surface area contributed by atoms with Crippen LogP contribution in [0.25, 0.3) is 0 Å². The van der Waals surface area contributed by atoms with Gasteiger partial charge >= 0.3 is 0 Å². The molecule has 0 aliphatic carbocycles. The molecule has 0 saturated heterocycles. The number of nitrogens with zero attached hydrogens (tertiary/aromatic N) is 2. The summed E-state index contributed by atoms with van der Waals surface area (Å²) in [4.78, 5) is 19.6. The predicted molar refractivity (Wildman–Crippen MR) is 80.3 cm³/mol. The summed E-state index contributed by atoms with van der Waals surface area (Å²) < 4.78 is 0. The zero-order valence-corrected chi connectivity index (χ0v) is 11.8. The van der Waals surface area contributed by atoms with Gasteiger partial charge < -0.3 is 15.5 Å². The van der Waals surface area contributed by atoms with E-state index in [1.807, 2.05) is 6.26 Å². The van der Waals surface area contributed by atoms with Crippen LogP contribution in [0, 0.1) is 0 Å². The zero-order valence-electron chi connectivity index (χ0n) is 11.0. The highest BCUT2D eigenvalue weighted by Gasteiger charge is 2.14. The quantitative estimate of drug-likeness (QED) is 0.437. The summed E-state index contributed by atoms with van der Waals surface area (Å²) in [6.45, 7) is 6.64. The molecule has 1 aromatic rings. The van der Waals surface area contributed by atoms with Gasteiger partial charge in [-0.1, -0.05) is 13.2 Å². The third kappa shape index (κ3) is 4.13. The number of aliphatic hydroxyl groups is 1. The van der Waals surface area contributed by atoms with Gasteiger partial charge in [0.1, 0.15) is 16.6 Å². The predicted octanol–water partition coefficient (Wildman–Crippen LogP) is 1.84. The number of rotatable bonds is 5. The van der Waals surface area contributed by atoms with E-state index in [0.717, 1.165) is 0 Å². The van der Waals surface area contributed by atoms with Crippen LogP contribution >= 0.6 is 11.8 Å². The molecule has 0 atom stereocenters. The van der Waals surface area contributed by atoms with Gasteiger partial charge in [0.2, 0.25) is 0 Å². The molecule has 0 radical (unpaired) electrons. The van der Waals surface area contributed by atoms with Gasteiger partial charge in [-0.25, -0.2) is 9.98 Å². The van der Waals surface area contributed by atoms with Crippen molar-refractivity contribution in [3.05, 3.63) is 48.6 Å². The van der Waals surface area contributed by atoms with Crippen molar-refractivity contribution < 1.29 is 15.0 Å². The van der Waals surface area contributed by atoms with Crippen molar-refractivity contribution in [2.24, 2.45) is 4.99 Å². The monoisotopic (exact) mass is 293 g/mol. The van der Waals surface area contributed by atoms with E-state index in [2.05, 4.69) is 28.5 Å². The van der Waals surface area contributed by atoms with Crippen LogP contribution in [0.5, 0.6) is 5.75 Å². The maximum atomic E-state index is 11.7. The van der Waals surface area contributed by atoms with Crippen LogP contribution in [0.3, 0.4) is 0 Å². The van der Waals surface area contributed by atoms with Gasteiger partial charge in [-0.3, -0.25) is 4.79 Å². The molecule has 106 valence electrons. The lowest BCUT2D eigenvalue weighted by Crippen LogP contribution is -2.26. The third-order valence-corrected chi connectivity index (χ3v) is 2.91. The van der Waals surface area contributed by atoms with Crippen molar-refractivity contribution in [1.82, 2.24) is 10.3 Å². The van der Waals surface area contributed by atoms with E-state index in [0.29, 0.717) is 10.6 Å². The molecule has 0 aliphatic rings. The van der Waals surface area contributed by atoms with Crippen LogP contribution < -0.4 is 5.32 Å². The van der Waals surface area contributed by atoms with Gasteiger partial charge in [-0.05, 0) is 12.3 Å². The minimum Gasteiger partial charge on any atom is -0.511 e. The first kappa shape index (κ1) is 15.8. The molecular formula is C13H15N3O3S. The van der Waals surface area contributed by atoms with Crippen LogP contribution in [0.4, 0.5) is 0 Å². The molecule has 6 nitrogen and oxygen atoms in total. The second-order valence-corrected chi connectivity index (χ2v) is 4.46. The van der Waals surface area contributed by atoms with Crippen LogP contribution in [-0.4, -0.2) is 38.9 Å². The number of carbonyl (C=O) groups excluding carboxylic acids is 1. The molecule has 0 fully saturated rings. The number of carbonyl (C=O) groups is 1. The number of aromatic nitrogens is 1. The summed E-state index contributed by atoms with van der Waals surface area (Å²) in [6, 6.07) is 1.40. The highest BCUT2D eigenvalue weighted by molar-refractivity contribution is 8.13. The molecule has 20 heavy (non-hydrogen) atoms. The van der Waals surface area contributed by atoms with Crippen molar-refractivity contribution in [3.63, 3.8) is 0 Å². The Hall–Kier alpha value is -2.28. The van der Waals surface area contributed by atoms with E-state index < -0.39 is 5.91 Å². The van der Waals surface area contributed by atoms with Gasteiger partial charge in [0.25, 0.3) is 5.91 Å². The standard InChI is InChI=1S/C13H15N3O3S/c1-4-14-13(20-3)9-5-10(18)11(15-7-9)12(19)16-6-8(2)17/h4-5,7,17-18H,1-2,6H2,3H3,(H,16,19)/b14-13-. The van der Waals surface area contributed by atoms with Crippen LogP contribution in [-0.2, 0) is 0 Å². The maximum absolute atomic E-state index is 11.7. The lowest BCUT2D eigenvalue weighted by atomic mass is 10.2. The first-order valence-corrected chi connectivity index (χ1v) is 6.79. The molecule has 0 unspecified atom stereocenters. The van der Waals surface area contributed by atoms with Crippen molar-refractivity contribution in [3.8, 4) is 5.75 Å². The Labute approximate surface area is 121 Å². The lowest BCUT2D eigenvalue weighted by molar-refractivity contribution is 0.0944. The van der Waals surface area contributed by atoms with Gasteiger partial charge in [-0.2, -0.15) is 0 Å². The Balaban J connectivity index is 2.98. The normalized spacial score (nSPS) is 10.9. The Morgan fingerprint density at radius 2 is 2.35 bits per heavy atom. The number of hydrogen-bond donors (Lipinski definition) is 3. The molecule has 1 aromatic heterocycles. The molecular weight excluding hydrogens is 278 g/mol. The van der Waals surface area contributed by atoms with E-state index in [4.69, 9.17) is 5.11 Å². The summed E-state index contributed by atoms with van der Waals surface area (Å²) in [6.07, 6.45) is 4.64. The van der Waals surface area contributed by atoms with Crippen molar-refractivity contribution in [1.29, 1.82) is 0 Å². The fourth-order valence-corrected chi connectivity index (χ4v) is 1.87. The second kappa shape index (κ2) is 7.34. The molecule has 1 heterocycles. The smallest absolute Gasteiger partial charge is 0.274 e. The summed E-state index contributed by atoms with van der Waals surface area (Å²) in [5.74, 6) is -1.05. The van der Waals surface area contributed by atoms with E-state index in [9.17, 15) is 9.90 Å². The number of aliphatic imine (C=N–C) groups is 1. The van der Waals surface area contributed by atoms with E-state index >= 15 is 0 Å². The number of nitrogens with one attached hydrogen (secondary N) is 1. The number of aliphatic hydroxyl groups excluding tert-OH is 1. The number of aromatic hydroxyl groups is 1. The molecule has 0 spiro atoms. The Bertz CT molecular complexity index is 570. The molecule has 1 amide bonds. The molecule has 0 aromatic carbocycles. The number of pyridine rings is 1. The summed E-state index contributed by atoms with van der Waals surface area (Å²) in [7, 11) is 0. The molecule has 7 heteroatoms. The Morgan fingerprint density at radius 3 is 2.85 bits per heavy atom. The highest BCUT2D eigenvalue weighted by Crippen LogP contribution is 2.19. The summed E-state index contributed by atoms with van der Waals surface area (Å²) >= 11 is 1.37. The van der Waals surface area contributed by atoms with E-state index in [-0.39, 0.29) is 23.7 Å². The molecule has 0 saturated carbocycles. The number of thioether (sulfide) groups is 1. The molecule has 1 rings (SSSR count). The van der Waals surface area contributed by atoms with Gasteiger partial charge in [0.05, 0.1) is 6.54 Å². The lowest BCUT2D eigenvalue weighted by Gasteiger charge is -2.07. The van der Waals surface area contributed by atoms with Crippen LogP contribution in [0.2, 0.25) is 0 Å². The summed E-state index contributed by atoms with van der Waals surface area (Å²) in [5, 5.41) is 21.7. The van der Waals surface area contributed by atoms with Gasteiger partial charge in [0.15, 0.2) is 5.69 Å². The average molecular weight is 293 g/mol. The first-order valence-electron chi connectivity index (χ1n) is 5.56. The minimum atomic E-state index is -0.601.